The molecule has 6 nitrogen and oxygen atoms in total. The van der Waals surface area contributed by atoms with Crippen molar-refractivity contribution in [3.05, 3.63) is 113 Å². The molecule has 0 saturated carbocycles. The maximum Gasteiger partial charge on any atom is 0.363 e. The maximum absolute atomic E-state index is 13.5. The van der Waals surface area contributed by atoms with Crippen LogP contribution in [0.2, 0.25) is 5.02 Å². The van der Waals surface area contributed by atoms with Crippen molar-refractivity contribution in [3.63, 3.8) is 0 Å². The van der Waals surface area contributed by atoms with Crippen molar-refractivity contribution in [2.24, 2.45) is 4.99 Å². The summed E-state index contributed by atoms with van der Waals surface area (Å²) in [5.41, 5.74) is 2.65. The van der Waals surface area contributed by atoms with Gasteiger partial charge in [-0.2, -0.15) is 0 Å². The quantitative estimate of drug-likeness (QED) is 0.252. The molecule has 4 rings (SSSR count). The molecule has 0 atom stereocenters. The predicted molar refractivity (Wildman–Crippen MR) is 134 cm³/mol. The Balaban J connectivity index is 1.78. The van der Waals surface area contributed by atoms with Gasteiger partial charge >= 0.3 is 5.97 Å². The molecule has 1 aliphatic heterocycles. The molecule has 1 aliphatic rings. The normalized spacial score (nSPS) is 14.6. The highest BCUT2D eigenvalue weighted by Crippen LogP contribution is 2.31. The zero-order valence-corrected chi connectivity index (χ0v) is 19.9. The lowest BCUT2D eigenvalue weighted by Crippen LogP contribution is -2.32. The fraction of sp³-hybridized carbons (Fsp3) is 0.0769. The largest absolute Gasteiger partial charge is 0.402 e. The van der Waals surface area contributed by atoms with E-state index in [0.29, 0.717) is 16.3 Å². The molecule has 34 heavy (non-hydrogen) atoms. The van der Waals surface area contributed by atoms with Crippen molar-refractivity contribution in [1.29, 1.82) is 0 Å². The molecule has 0 radical (unpaired) electrons. The average Bonchev–Trinajstić information content (AvgIpc) is 3.17. The average molecular weight is 493 g/mol. The Hall–Kier alpha value is -3.68. The van der Waals surface area contributed by atoms with Crippen molar-refractivity contribution in [1.82, 2.24) is 0 Å². The molecule has 3 aromatic rings. The number of nitrogens with zero attached hydrogens (tertiary/aromatic N) is 2. The number of aliphatic imine (C=N–C) groups is 1. The number of cyclic esters (lactones) is 1. The SMILES string of the molecule is C=CCN(c1ccccc1C1=NC(=Cc2cccc(C)c2)C(=O)O1)S(=O)(=O)c1ccc(Cl)cc1. The van der Waals surface area contributed by atoms with Crippen LogP contribution in [0.3, 0.4) is 0 Å². The first-order valence-corrected chi connectivity index (χ1v) is 12.2. The molecule has 8 heteroatoms. The summed E-state index contributed by atoms with van der Waals surface area (Å²) in [4.78, 5) is 17.0. The molecule has 0 N–H and O–H groups in total. The summed E-state index contributed by atoms with van der Waals surface area (Å²) in [7, 11) is -3.97. The second-order valence-corrected chi connectivity index (χ2v) is 9.84. The molecule has 1 heterocycles. The lowest BCUT2D eigenvalue weighted by molar-refractivity contribution is -0.129. The number of benzene rings is 3. The van der Waals surface area contributed by atoms with Gasteiger partial charge in [0.1, 0.15) is 0 Å². The highest BCUT2D eigenvalue weighted by atomic mass is 35.5. The third-order valence-electron chi connectivity index (χ3n) is 5.07. The fourth-order valence-electron chi connectivity index (χ4n) is 3.49. The number of ether oxygens (including phenoxy) is 1. The van der Waals surface area contributed by atoms with Crippen LogP contribution in [0.15, 0.2) is 101 Å². The number of carbonyl (C=O) groups is 1. The van der Waals surface area contributed by atoms with Crippen LogP contribution in [0.25, 0.3) is 6.08 Å². The molecule has 0 bridgehead atoms. The minimum Gasteiger partial charge on any atom is -0.402 e. The summed E-state index contributed by atoms with van der Waals surface area (Å²) in [5.74, 6) is -0.581. The van der Waals surface area contributed by atoms with Gasteiger partial charge in [0.25, 0.3) is 10.0 Å². The molecule has 0 saturated heterocycles. The smallest absolute Gasteiger partial charge is 0.363 e. The van der Waals surface area contributed by atoms with Crippen molar-refractivity contribution < 1.29 is 17.9 Å². The molecule has 0 unspecified atom stereocenters. The molecule has 0 amide bonds. The number of sulfonamides is 1. The molecule has 0 spiro atoms. The van der Waals surface area contributed by atoms with Crippen LogP contribution in [-0.4, -0.2) is 26.8 Å². The van der Waals surface area contributed by atoms with E-state index in [9.17, 15) is 13.2 Å². The summed E-state index contributed by atoms with van der Waals surface area (Å²) in [6, 6.07) is 20.2. The second kappa shape index (κ2) is 9.67. The maximum atomic E-state index is 13.5. The van der Waals surface area contributed by atoms with Crippen molar-refractivity contribution >= 4 is 45.3 Å². The number of hydrogen-bond donors (Lipinski definition) is 0. The first-order chi connectivity index (χ1) is 16.3. The van der Waals surface area contributed by atoms with Gasteiger partial charge in [-0.25, -0.2) is 18.2 Å². The van der Waals surface area contributed by atoms with E-state index in [1.807, 2.05) is 31.2 Å². The lowest BCUT2D eigenvalue weighted by Gasteiger charge is -2.25. The molecular formula is C26H21ClN2O4S. The van der Waals surface area contributed by atoms with Gasteiger partial charge in [-0.3, -0.25) is 4.31 Å². The van der Waals surface area contributed by atoms with E-state index in [4.69, 9.17) is 16.3 Å². The topological polar surface area (TPSA) is 76.0 Å². The van der Waals surface area contributed by atoms with Crippen LogP contribution >= 0.6 is 11.6 Å². The first-order valence-electron chi connectivity index (χ1n) is 10.4. The number of carbonyl (C=O) groups excluding carboxylic acids is 1. The summed E-state index contributed by atoms with van der Waals surface area (Å²) >= 11 is 5.93. The van der Waals surface area contributed by atoms with Gasteiger partial charge in [0, 0.05) is 5.02 Å². The number of aryl methyl sites for hydroxylation is 1. The molecule has 3 aromatic carbocycles. The Morgan fingerprint density at radius 3 is 2.50 bits per heavy atom. The molecule has 0 aromatic heterocycles. The van der Waals surface area contributed by atoms with Gasteiger partial charge in [0.05, 0.1) is 22.7 Å². The fourth-order valence-corrected chi connectivity index (χ4v) is 5.07. The van der Waals surface area contributed by atoms with Crippen molar-refractivity contribution in [2.75, 3.05) is 10.8 Å². The van der Waals surface area contributed by atoms with Gasteiger partial charge in [-0.1, -0.05) is 59.6 Å². The van der Waals surface area contributed by atoms with Gasteiger partial charge in [0.2, 0.25) is 5.90 Å². The van der Waals surface area contributed by atoms with E-state index in [1.165, 1.54) is 34.6 Å². The van der Waals surface area contributed by atoms with Crippen molar-refractivity contribution in [2.45, 2.75) is 11.8 Å². The predicted octanol–water partition coefficient (Wildman–Crippen LogP) is 5.37. The van der Waals surface area contributed by atoms with Gasteiger partial charge in [-0.15, -0.1) is 6.58 Å². The minimum atomic E-state index is -3.97. The zero-order chi connectivity index (χ0) is 24.3. The number of esters is 1. The Bertz CT molecular complexity index is 1430. The van der Waals surface area contributed by atoms with Gasteiger partial charge < -0.3 is 4.74 Å². The summed E-state index contributed by atoms with van der Waals surface area (Å²) < 4.78 is 33.6. The van der Waals surface area contributed by atoms with E-state index in [2.05, 4.69) is 11.6 Å². The molecular weight excluding hydrogens is 472 g/mol. The molecule has 172 valence electrons. The number of halogens is 1. The van der Waals surface area contributed by atoms with Crippen LogP contribution in [-0.2, 0) is 19.6 Å². The number of rotatable bonds is 7. The van der Waals surface area contributed by atoms with Crippen LogP contribution in [0.5, 0.6) is 0 Å². The standard InChI is InChI=1S/C26H21ClN2O4S/c1-3-15-29(34(31,32)21-13-11-20(27)12-14-21)24-10-5-4-9-22(24)25-28-23(26(30)33-25)17-19-8-6-7-18(2)16-19/h3-14,16-17H,1,15H2,2H3. The van der Waals surface area contributed by atoms with Crippen LogP contribution < -0.4 is 4.31 Å². The van der Waals surface area contributed by atoms with E-state index in [-0.39, 0.29) is 23.0 Å². The number of hydrogen-bond acceptors (Lipinski definition) is 5. The van der Waals surface area contributed by atoms with E-state index in [0.717, 1.165) is 11.1 Å². The lowest BCUT2D eigenvalue weighted by atomic mass is 10.1. The van der Waals surface area contributed by atoms with E-state index in [1.54, 1.807) is 30.3 Å². The van der Waals surface area contributed by atoms with Gasteiger partial charge in [-0.05, 0) is 55.0 Å². The van der Waals surface area contributed by atoms with Crippen LogP contribution in [0, 0.1) is 6.92 Å². The zero-order valence-electron chi connectivity index (χ0n) is 18.3. The number of para-hydroxylation sites is 1. The highest BCUT2D eigenvalue weighted by molar-refractivity contribution is 7.92. The summed E-state index contributed by atoms with van der Waals surface area (Å²) in [6.45, 7) is 5.65. The Labute approximate surface area is 203 Å². The Morgan fingerprint density at radius 2 is 1.79 bits per heavy atom. The van der Waals surface area contributed by atoms with E-state index >= 15 is 0 Å². The van der Waals surface area contributed by atoms with Crippen LogP contribution in [0.1, 0.15) is 16.7 Å². The first kappa shape index (κ1) is 23.5. The van der Waals surface area contributed by atoms with Crippen molar-refractivity contribution in [3.8, 4) is 0 Å². The van der Waals surface area contributed by atoms with E-state index < -0.39 is 16.0 Å². The van der Waals surface area contributed by atoms with Gasteiger partial charge in [0.15, 0.2) is 5.70 Å². The Kier molecular flexibility index (Phi) is 6.68. The molecule has 0 aliphatic carbocycles. The second-order valence-electron chi connectivity index (χ2n) is 7.55. The number of anilines is 1. The Morgan fingerprint density at radius 1 is 1.06 bits per heavy atom. The molecule has 0 fully saturated rings. The summed E-state index contributed by atoms with van der Waals surface area (Å²) in [5, 5.41) is 0.426. The monoisotopic (exact) mass is 492 g/mol. The summed E-state index contributed by atoms with van der Waals surface area (Å²) in [6.07, 6.45) is 3.12. The van der Waals surface area contributed by atoms with Crippen LogP contribution in [0.4, 0.5) is 5.69 Å². The minimum absolute atomic E-state index is 0.00477. The third-order valence-corrected chi connectivity index (χ3v) is 7.11. The highest BCUT2D eigenvalue weighted by Gasteiger charge is 2.31. The third kappa shape index (κ3) is 4.81.